The Morgan fingerprint density at radius 1 is 1.12 bits per heavy atom. The van der Waals surface area contributed by atoms with Crippen LogP contribution in [-0.4, -0.2) is 34.8 Å². The molecule has 2 amide bonds. The van der Waals surface area contributed by atoms with E-state index in [9.17, 15) is 14.0 Å². The van der Waals surface area contributed by atoms with Crippen LogP contribution in [0.5, 0.6) is 5.75 Å². The molecule has 10 heteroatoms. The maximum absolute atomic E-state index is 14.1. The molecule has 0 unspecified atom stereocenters. The van der Waals surface area contributed by atoms with E-state index in [2.05, 4.69) is 10.3 Å². The molecule has 7 nitrogen and oxygen atoms in total. The number of benzene rings is 2. The van der Waals surface area contributed by atoms with Crippen molar-refractivity contribution in [2.45, 2.75) is 63.4 Å². The molecule has 0 radical (unpaired) electrons. The molecule has 42 heavy (non-hydrogen) atoms. The van der Waals surface area contributed by atoms with Crippen molar-refractivity contribution in [3.63, 3.8) is 0 Å². The number of piperidine rings is 1. The van der Waals surface area contributed by atoms with Crippen LogP contribution in [-0.2, 0) is 15.0 Å². The van der Waals surface area contributed by atoms with E-state index in [0.29, 0.717) is 37.2 Å². The van der Waals surface area contributed by atoms with Gasteiger partial charge in [-0.1, -0.05) is 48.5 Å². The highest BCUT2D eigenvalue weighted by molar-refractivity contribution is 6.36. The number of hydrogen-bond acceptors (Lipinski definition) is 5. The number of anilines is 2. The number of aromatic nitrogens is 1. The van der Waals surface area contributed by atoms with Crippen molar-refractivity contribution < 1.29 is 18.7 Å². The number of carbonyl (C=O) groups excluding carboxylic acids is 2. The van der Waals surface area contributed by atoms with E-state index in [-0.39, 0.29) is 33.6 Å². The maximum Gasteiger partial charge on any atom is 0.235 e. The molecule has 3 N–H and O–H groups in total. The lowest BCUT2D eigenvalue weighted by molar-refractivity contribution is -0.139. The lowest BCUT2D eigenvalue weighted by Crippen LogP contribution is -2.49. The second-order valence-electron chi connectivity index (χ2n) is 11.6. The van der Waals surface area contributed by atoms with Crippen molar-refractivity contribution >= 4 is 46.5 Å². The SMILES string of the molecule is C[C@@H](Oc1cc(-c2ccc3c(c2)C2(CCN(C(=O)C4CCCCC4)CC2)C(=O)N3)cnc1N)c1c(Cl)ccc(F)c1Cl. The maximum atomic E-state index is 14.1. The molecule has 2 aromatic carbocycles. The summed E-state index contributed by atoms with van der Waals surface area (Å²) in [7, 11) is 0. The molecule has 1 saturated carbocycles. The monoisotopic (exact) mass is 610 g/mol. The van der Waals surface area contributed by atoms with Crippen molar-refractivity contribution in [3.05, 3.63) is 69.6 Å². The Bertz CT molecular complexity index is 1550. The van der Waals surface area contributed by atoms with Crippen LogP contribution in [0, 0.1) is 11.7 Å². The smallest absolute Gasteiger partial charge is 0.235 e. The first-order valence-electron chi connectivity index (χ1n) is 14.5. The molecule has 2 aliphatic heterocycles. The summed E-state index contributed by atoms with van der Waals surface area (Å²) < 4.78 is 20.2. The van der Waals surface area contributed by atoms with Gasteiger partial charge in [0, 0.05) is 47.0 Å². The average Bonchev–Trinajstić information content (AvgIpc) is 3.26. The highest BCUT2D eigenvalue weighted by atomic mass is 35.5. The van der Waals surface area contributed by atoms with Crippen LogP contribution in [0.2, 0.25) is 10.0 Å². The number of nitrogens with zero attached hydrogens (tertiary/aromatic N) is 2. The minimum atomic E-state index is -0.702. The first kappa shape index (κ1) is 28.7. The molecule has 2 fully saturated rings. The van der Waals surface area contributed by atoms with E-state index < -0.39 is 17.3 Å². The minimum absolute atomic E-state index is 0.0171. The van der Waals surface area contributed by atoms with Crippen molar-refractivity contribution in [3.8, 4) is 16.9 Å². The van der Waals surface area contributed by atoms with Crippen molar-refractivity contribution in [1.82, 2.24) is 9.88 Å². The molecule has 3 aliphatic rings. The van der Waals surface area contributed by atoms with Crippen LogP contribution in [0.3, 0.4) is 0 Å². The van der Waals surface area contributed by atoms with Gasteiger partial charge in [0.2, 0.25) is 11.8 Å². The number of fused-ring (bicyclic) bond motifs is 2. The third-order valence-electron chi connectivity index (χ3n) is 9.11. The predicted octanol–water partition coefficient (Wildman–Crippen LogP) is 7.31. The van der Waals surface area contributed by atoms with E-state index in [1.807, 2.05) is 23.1 Å². The molecule has 3 heterocycles. The van der Waals surface area contributed by atoms with Gasteiger partial charge in [-0.2, -0.15) is 0 Å². The molecule has 1 aliphatic carbocycles. The van der Waals surface area contributed by atoms with E-state index >= 15 is 0 Å². The number of nitrogens with one attached hydrogen (secondary N) is 1. The Hall–Kier alpha value is -3.36. The summed E-state index contributed by atoms with van der Waals surface area (Å²) in [6.07, 6.45) is 7.48. The summed E-state index contributed by atoms with van der Waals surface area (Å²) in [6, 6.07) is 10.2. The van der Waals surface area contributed by atoms with E-state index in [4.69, 9.17) is 33.7 Å². The zero-order valence-corrected chi connectivity index (χ0v) is 24.9. The Labute approximate surface area is 254 Å². The lowest BCUT2D eigenvalue weighted by atomic mass is 9.73. The number of halogens is 3. The molecule has 220 valence electrons. The number of amides is 2. The summed E-state index contributed by atoms with van der Waals surface area (Å²) in [4.78, 5) is 32.8. The number of nitrogen functional groups attached to an aromatic ring is 1. The van der Waals surface area contributed by atoms with Crippen LogP contribution in [0.15, 0.2) is 42.6 Å². The highest BCUT2D eigenvalue weighted by Crippen LogP contribution is 2.47. The summed E-state index contributed by atoms with van der Waals surface area (Å²) in [5, 5.41) is 3.24. The van der Waals surface area contributed by atoms with E-state index in [1.165, 1.54) is 18.6 Å². The number of likely N-dealkylation sites (tertiary alicyclic amines) is 1. The predicted molar refractivity (Wildman–Crippen MR) is 162 cm³/mol. The van der Waals surface area contributed by atoms with Crippen molar-refractivity contribution in [2.75, 3.05) is 24.1 Å². The zero-order valence-electron chi connectivity index (χ0n) is 23.4. The number of carbonyl (C=O) groups is 2. The molecule has 0 bridgehead atoms. The van der Waals surface area contributed by atoms with Gasteiger partial charge >= 0.3 is 0 Å². The number of nitrogens with two attached hydrogens (primary N) is 1. The van der Waals surface area contributed by atoms with Crippen LogP contribution in [0.25, 0.3) is 11.1 Å². The number of pyridine rings is 1. The Morgan fingerprint density at radius 3 is 2.60 bits per heavy atom. The number of hydrogen-bond donors (Lipinski definition) is 2. The first-order chi connectivity index (χ1) is 20.2. The molecule has 1 atom stereocenters. The van der Waals surface area contributed by atoms with E-state index in [1.54, 1.807) is 19.2 Å². The van der Waals surface area contributed by atoms with Gasteiger partial charge in [0.15, 0.2) is 11.6 Å². The van der Waals surface area contributed by atoms with Gasteiger partial charge in [-0.25, -0.2) is 9.37 Å². The second-order valence-corrected chi connectivity index (χ2v) is 12.4. The third-order valence-corrected chi connectivity index (χ3v) is 9.82. The first-order valence-corrected chi connectivity index (χ1v) is 15.2. The molecule has 1 saturated heterocycles. The van der Waals surface area contributed by atoms with Gasteiger partial charge < -0.3 is 20.7 Å². The van der Waals surface area contributed by atoms with Gasteiger partial charge in [-0.3, -0.25) is 9.59 Å². The Balaban J connectivity index is 1.24. The largest absolute Gasteiger partial charge is 0.482 e. The fourth-order valence-electron chi connectivity index (χ4n) is 6.68. The van der Waals surface area contributed by atoms with Crippen LogP contribution < -0.4 is 15.8 Å². The second kappa shape index (κ2) is 11.4. The summed E-state index contributed by atoms with van der Waals surface area (Å²) in [6.45, 7) is 2.84. The minimum Gasteiger partial charge on any atom is -0.482 e. The van der Waals surface area contributed by atoms with Gasteiger partial charge in [-0.15, -0.1) is 0 Å². The van der Waals surface area contributed by atoms with Crippen LogP contribution >= 0.6 is 23.2 Å². The molecular weight excluding hydrogens is 578 g/mol. The summed E-state index contributed by atoms with van der Waals surface area (Å²) >= 11 is 12.5. The van der Waals surface area contributed by atoms with Crippen LogP contribution in [0.1, 0.15) is 69.1 Å². The molecule has 1 spiro atoms. The zero-order chi connectivity index (χ0) is 29.6. The summed E-state index contributed by atoms with van der Waals surface area (Å²) in [5.41, 5.74) is 9.09. The molecule has 1 aromatic heterocycles. The third kappa shape index (κ3) is 5.09. The normalized spacial score (nSPS) is 19.0. The van der Waals surface area contributed by atoms with Gasteiger partial charge in [0.05, 0.1) is 10.4 Å². The number of rotatable bonds is 5. The fraction of sp³-hybridized carbons (Fsp3) is 0.406. The van der Waals surface area contributed by atoms with E-state index in [0.717, 1.165) is 48.1 Å². The van der Waals surface area contributed by atoms with Crippen molar-refractivity contribution in [1.29, 1.82) is 0 Å². The molecule has 6 rings (SSSR count). The molecular formula is C32H33Cl2FN4O3. The molecule has 3 aromatic rings. The quantitative estimate of drug-likeness (QED) is 0.295. The van der Waals surface area contributed by atoms with Gasteiger partial charge in [0.1, 0.15) is 11.9 Å². The Morgan fingerprint density at radius 2 is 1.86 bits per heavy atom. The standard InChI is InChI=1S/C32H33Cl2FN4O3/c1-18(27-23(33)8-9-24(35)28(27)34)42-26-16-21(17-37-29(26)36)20-7-10-25-22(15-20)32(31(41)38-25)11-13-39(14-12-32)30(40)19-5-3-2-4-6-19/h7-10,15-19H,2-6,11-14H2,1H3,(H2,36,37)(H,38,41)/t18-/m1/s1. The topological polar surface area (TPSA) is 97.5 Å². The van der Waals surface area contributed by atoms with Crippen molar-refractivity contribution in [2.24, 2.45) is 5.92 Å². The van der Waals surface area contributed by atoms with Gasteiger partial charge in [0.25, 0.3) is 0 Å². The van der Waals surface area contributed by atoms with Crippen LogP contribution in [0.4, 0.5) is 15.9 Å². The highest BCUT2D eigenvalue weighted by Gasteiger charge is 2.49. The van der Waals surface area contributed by atoms with Gasteiger partial charge in [-0.05, 0) is 74.1 Å². The Kier molecular flexibility index (Phi) is 7.79. The lowest BCUT2D eigenvalue weighted by Gasteiger charge is -2.39. The summed E-state index contributed by atoms with van der Waals surface area (Å²) in [5.74, 6) is 0.220. The average molecular weight is 612 g/mol. The fourth-order valence-corrected chi connectivity index (χ4v) is 7.36. The number of ether oxygens (including phenoxy) is 1.